The van der Waals surface area contributed by atoms with Gasteiger partial charge in [0.05, 0.1) is 12.1 Å². The van der Waals surface area contributed by atoms with Crippen LogP contribution >= 0.6 is 11.6 Å². The highest BCUT2D eigenvalue weighted by atomic mass is 35.5. The molecule has 0 spiro atoms. The van der Waals surface area contributed by atoms with Crippen molar-refractivity contribution in [2.75, 3.05) is 32.1 Å². The summed E-state index contributed by atoms with van der Waals surface area (Å²) in [6.45, 7) is 0.814. The molecule has 0 saturated carbocycles. The minimum absolute atomic E-state index is 0.0273. The lowest BCUT2D eigenvalue weighted by Gasteiger charge is -2.17. The summed E-state index contributed by atoms with van der Waals surface area (Å²) in [5.74, 6) is 0.404. The van der Waals surface area contributed by atoms with Crippen molar-refractivity contribution >= 4 is 39.3 Å². The number of sulfonamides is 1. The number of benzene rings is 2. The first kappa shape index (κ1) is 23.6. The van der Waals surface area contributed by atoms with Crippen molar-refractivity contribution in [3.8, 4) is 17.6 Å². The SMILES string of the molecule is COc1cc(/C=C/C(=O)Nc2ccc(Cl)c(S(=O)(=O)N3CCCC3)c2)ccc1OCC#N. The van der Waals surface area contributed by atoms with E-state index in [1.807, 2.05) is 6.07 Å². The molecule has 1 heterocycles. The van der Waals surface area contributed by atoms with E-state index in [9.17, 15) is 13.2 Å². The van der Waals surface area contributed by atoms with E-state index in [-0.39, 0.29) is 16.5 Å². The van der Waals surface area contributed by atoms with Crippen LogP contribution in [-0.4, -0.2) is 45.4 Å². The number of rotatable bonds is 8. The zero-order valence-corrected chi connectivity index (χ0v) is 18.9. The fourth-order valence-electron chi connectivity index (χ4n) is 3.22. The number of nitrogens with one attached hydrogen (secondary N) is 1. The van der Waals surface area contributed by atoms with Crippen molar-refractivity contribution in [2.45, 2.75) is 17.7 Å². The molecule has 1 N–H and O–H groups in total. The molecule has 168 valence electrons. The number of amides is 1. The van der Waals surface area contributed by atoms with Gasteiger partial charge in [-0.1, -0.05) is 17.7 Å². The molecule has 1 fully saturated rings. The fourth-order valence-corrected chi connectivity index (χ4v) is 5.24. The Morgan fingerprint density at radius 1 is 1.22 bits per heavy atom. The Morgan fingerprint density at radius 2 is 1.97 bits per heavy atom. The quantitative estimate of drug-likeness (QED) is 0.583. The standard InChI is InChI=1S/C22H22ClN3O5S/c1-30-20-14-16(4-8-19(20)31-13-10-24)5-9-22(27)25-17-6-7-18(23)21(15-17)32(28,29)26-11-2-3-12-26/h4-9,14-15H,2-3,11-13H2,1H3,(H,25,27)/b9-5+. The first-order chi connectivity index (χ1) is 15.3. The summed E-state index contributed by atoms with van der Waals surface area (Å²) in [5.41, 5.74) is 0.995. The van der Waals surface area contributed by atoms with Gasteiger partial charge in [0, 0.05) is 24.9 Å². The second-order valence-corrected chi connectivity index (χ2v) is 9.25. The van der Waals surface area contributed by atoms with Gasteiger partial charge in [-0.3, -0.25) is 4.79 Å². The molecule has 0 radical (unpaired) electrons. The number of halogens is 1. The monoisotopic (exact) mass is 475 g/mol. The minimum Gasteiger partial charge on any atom is -0.493 e. The van der Waals surface area contributed by atoms with Gasteiger partial charge in [-0.2, -0.15) is 9.57 Å². The molecule has 0 aliphatic carbocycles. The Labute approximate surface area is 192 Å². The van der Waals surface area contributed by atoms with Gasteiger partial charge in [0.15, 0.2) is 18.1 Å². The molecular weight excluding hydrogens is 454 g/mol. The first-order valence-electron chi connectivity index (χ1n) is 9.81. The number of ether oxygens (including phenoxy) is 2. The van der Waals surface area contributed by atoms with Crippen molar-refractivity contribution in [3.05, 3.63) is 53.1 Å². The number of hydrogen-bond acceptors (Lipinski definition) is 6. The summed E-state index contributed by atoms with van der Waals surface area (Å²) in [5, 5.41) is 11.4. The van der Waals surface area contributed by atoms with E-state index in [4.69, 9.17) is 26.3 Å². The molecule has 0 unspecified atom stereocenters. The Morgan fingerprint density at radius 3 is 2.66 bits per heavy atom. The first-order valence-corrected chi connectivity index (χ1v) is 11.6. The van der Waals surface area contributed by atoms with Gasteiger partial charge >= 0.3 is 0 Å². The third kappa shape index (κ3) is 5.59. The van der Waals surface area contributed by atoms with Gasteiger partial charge in [0.2, 0.25) is 15.9 Å². The van der Waals surface area contributed by atoms with E-state index in [2.05, 4.69) is 5.32 Å². The van der Waals surface area contributed by atoms with Crippen molar-refractivity contribution in [1.29, 1.82) is 5.26 Å². The Balaban J connectivity index is 1.72. The van der Waals surface area contributed by atoms with E-state index in [0.29, 0.717) is 35.8 Å². The Hall–Kier alpha value is -3.06. The molecule has 0 bridgehead atoms. The number of nitrogens with zero attached hydrogens (tertiary/aromatic N) is 2. The average Bonchev–Trinajstić information content (AvgIpc) is 3.33. The highest BCUT2D eigenvalue weighted by molar-refractivity contribution is 7.89. The maximum Gasteiger partial charge on any atom is 0.248 e. The number of carbonyl (C=O) groups excluding carboxylic acids is 1. The number of hydrogen-bond donors (Lipinski definition) is 1. The van der Waals surface area contributed by atoms with E-state index in [1.165, 1.54) is 29.6 Å². The molecule has 3 rings (SSSR count). The van der Waals surface area contributed by atoms with Gasteiger partial charge in [-0.15, -0.1) is 0 Å². The lowest BCUT2D eigenvalue weighted by Crippen LogP contribution is -2.28. The predicted molar refractivity (Wildman–Crippen MR) is 121 cm³/mol. The third-order valence-electron chi connectivity index (χ3n) is 4.79. The highest BCUT2D eigenvalue weighted by Crippen LogP contribution is 2.30. The lowest BCUT2D eigenvalue weighted by atomic mass is 10.2. The maximum atomic E-state index is 12.8. The lowest BCUT2D eigenvalue weighted by molar-refractivity contribution is -0.111. The largest absolute Gasteiger partial charge is 0.493 e. The molecule has 0 atom stereocenters. The molecule has 10 heteroatoms. The topological polar surface area (TPSA) is 109 Å². The molecule has 8 nitrogen and oxygen atoms in total. The van der Waals surface area contributed by atoms with Crippen LogP contribution in [0.5, 0.6) is 11.5 Å². The van der Waals surface area contributed by atoms with Crippen LogP contribution < -0.4 is 14.8 Å². The second-order valence-electron chi connectivity index (χ2n) is 6.94. The number of nitriles is 1. The summed E-state index contributed by atoms with van der Waals surface area (Å²) in [7, 11) is -2.24. The molecular formula is C22H22ClN3O5S. The second kappa shape index (κ2) is 10.5. The Kier molecular flexibility index (Phi) is 7.75. The van der Waals surface area contributed by atoms with Gasteiger partial charge < -0.3 is 14.8 Å². The van der Waals surface area contributed by atoms with Gasteiger partial charge in [0.1, 0.15) is 11.0 Å². The van der Waals surface area contributed by atoms with E-state index in [1.54, 1.807) is 30.3 Å². The molecule has 2 aromatic rings. The van der Waals surface area contributed by atoms with Crippen LogP contribution in [-0.2, 0) is 14.8 Å². The highest BCUT2D eigenvalue weighted by Gasteiger charge is 2.29. The van der Waals surface area contributed by atoms with Crippen molar-refractivity contribution in [3.63, 3.8) is 0 Å². The molecule has 1 aliphatic rings. The minimum atomic E-state index is -3.72. The zero-order chi connectivity index (χ0) is 23.1. The van der Waals surface area contributed by atoms with Crippen molar-refractivity contribution in [2.24, 2.45) is 0 Å². The van der Waals surface area contributed by atoms with Gasteiger partial charge in [-0.25, -0.2) is 8.42 Å². The van der Waals surface area contributed by atoms with Crippen LogP contribution in [0.4, 0.5) is 5.69 Å². The van der Waals surface area contributed by atoms with E-state index >= 15 is 0 Å². The molecule has 1 saturated heterocycles. The smallest absolute Gasteiger partial charge is 0.248 e. The van der Waals surface area contributed by atoms with Crippen LogP contribution in [0, 0.1) is 11.3 Å². The summed E-state index contributed by atoms with van der Waals surface area (Å²) >= 11 is 6.14. The van der Waals surface area contributed by atoms with Gasteiger partial charge in [-0.05, 0) is 54.8 Å². The predicted octanol–water partition coefficient (Wildman–Crippen LogP) is 3.69. The van der Waals surface area contributed by atoms with E-state index < -0.39 is 15.9 Å². The Bertz CT molecular complexity index is 1170. The summed E-state index contributed by atoms with van der Waals surface area (Å²) < 4.78 is 37.6. The van der Waals surface area contributed by atoms with Crippen LogP contribution in [0.15, 0.2) is 47.4 Å². The number of carbonyl (C=O) groups is 1. The van der Waals surface area contributed by atoms with Crippen molar-refractivity contribution in [1.82, 2.24) is 4.31 Å². The fraction of sp³-hybridized carbons (Fsp3) is 0.273. The van der Waals surface area contributed by atoms with Crippen molar-refractivity contribution < 1.29 is 22.7 Å². The van der Waals surface area contributed by atoms with Crippen LogP contribution in [0.25, 0.3) is 6.08 Å². The van der Waals surface area contributed by atoms with Crippen LogP contribution in [0.1, 0.15) is 18.4 Å². The molecule has 0 aromatic heterocycles. The molecule has 1 amide bonds. The average molecular weight is 476 g/mol. The zero-order valence-electron chi connectivity index (χ0n) is 17.4. The van der Waals surface area contributed by atoms with E-state index in [0.717, 1.165) is 12.8 Å². The normalized spacial score (nSPS) is 14.3. The van der Waals surface area contributed by atoms with Gasteiger partial charge in [0.25, 0.3) is 0 Å². The summed E-state index contributed by atoms with van der Waals surface area (Å²) in [6.07, 6.45) is 4.51. The summed E-state index contributed by atoms with van der Waals surface area (Å²) in [6, 6.07) is 11.3. The third-order valence-corrected chi connectivity index (χ3v) is 7.17. The number of methoxy groups -OCH3 is 1. The summed E-state index contributed by atoms with van der Waals surface area (Å²) in [4.78, 5) is 12.3. The van der Waals surface area contributed by atoms with Crippen LogP contribution in [0.3, 0.4) is 0 Å². The maximum absolute atomic E-state index is 12.8. The molecule has 1 aliphatic heterocycles. The number of anilines is 1. The molecule has 32 heavy (non-hydrogen) atoms. The van der Waals surface area contributed by atoms with Crippen LogP contribution in [0.2, 0.25) is 5.02 Å². The molecule has 2 aromatic carbocycles.